The molecule has 7 heteroatoms. The third-order valence-corrected chi connectivity index (χ3v) is 1.76. The Balaban J connectivity index is 2.60. The van der Waals surface area contributed by atoms with Crippen LogP contribution < -0.4 is 5.73 Å². The number of hydrogen-bond acceptors (Lipinski definition) is 4. The summed E-state index contributed by atoms with van der Waals surface area (Å²) in [6, 6.07) is -0.993. The Labute approximate surface area is 85.1 Å². The SMILES string of the molecule is N[C@@H](Cc1cnn(CC(=O)O)c1)C(=O)O. The lowest BCUT2D eigenvalue weighted by atomic mass is 10.1. The van der Waals surface area contributed by atoms with Gasteiger partial charge in [0.05, 0.1) is 6.20 Å². The molecule has 1 atom stereocenters. The van der Waals surface area contributed by atoms with Crippen LogP contribution in [0.4, 0.5) is 0 Å². The Morgan fingerprint density at radius 1 is 1.53 bits per heavy atom. The molecule has 0 aromatic carbocycles. The zero-order chi connectivity index (χ0) is 11.4. The van der Waals surface area contributed by atoms with Crippen molar-refractivity contribution in [3.05, 3.63) is 18.0 Å². The molecular weight excluding hydrogens is 202 g/mol. The van der Waals surface area contributed by atoms with Gasteiger partial charge in [-0.05, 0) is 5.56 Å². The van der Waals surface area contributed by atoms with Crippen molar-refractivity contribution < 1.29 is 19.8 Å². The third kappa shape index (κ3) is 3.39. The van der Waals surface area contributed by atoms with Crippen molar-refractivity contribution in [3.8, 4) is 0 Å². The topological polar surface area (TPSA) is 118 Å². The van der Waals surface area contributed by atoms with E-state index in [0.717, 1.165) is 0 Å². The van der Waals surface area contributed by atoms with Crippen LogP contribution in [0.1, 0.15) is 5.56 Å². The van der Waals surface area contributed by atoms with E-state index in [1.807, 2.05) is 0 Å². The number of rotatable bonds is 5. The van der Waals surface area contributed by atoms with Crippen molar-refractivity contribution in [1.29, 1.82) is 0 Å². The maximum absolute atomic E-state index is 10.4. The minimum absolute atomic E-state index is 0.134. The van der Waals surface area contributed by atoms with Gasteiger partial charge in [0.15, 0.2) is 0 Å². The fourth-order valence-electron chi connectivity index (χ4n) is 1.08. The number of carbonyl (C=O) groups is 2. The van der Waals surface area contributed by atoms with Gasteiger partial charge >= 0.3 is 11.9 Å². The first-order chi connectivity index (χ1) is 6.99. The molecule has 82 valence electrons. The molecule has 0 aliphatic rings. The van der Waals surface area contributed by atoms with Crippen molar-refractivity contribution in [1.82, 2.24) is 9.78 Å². The second-order valence-corrected chi connectivity index (χ2v) is 3.09. The summed E-state index contributed by atoms with van der Waals surface area (Å²) in [5, 5.41) is 20.8. The Hall–Kier alpha value is -1.89. The molecule has 0 spiro atoms. The minimum Gasteiger partial charge on any atom is -0.480 e. The summed E-state index contributed by atoms with van der Waals surface area (Å²) in [6.07, 6.45) is 3.01. The molecule has 0 saturated heterocycles. The lowest BCUT2D eigenvalue weighted by Crippen LogP contribution is -2.32. The van der Waals surface area contributed by atoms with Crippen LogP contribution in [0.25, 0.3) is 0 Å². The number of aliphatic carboxylic acids is 2. The lowest BCUT2D eigenvalue weighted by Gasteiger charge is -2.02. The van der Waals surface area contributed by atoms with E-state index in [9.17, 15) is 9.59 Å². The maximum Gasteiger partial charge on any atom is 0.325 e. The Kier molecular flexibility index (Phi) is 3.40. The van der Waals surface area contributed by atoms with Crippen LogP contribution in [0.3, 0.4) is 0 Å². The summed E-state index contributed by atoms with van der Waals surface area (Å²) in [7, 11) is 0. The van der Waals surface area contributed by atoms with Crippen LogP contribution in [0.15, 0.2) is 12.4 Å². The molecule has 1 heterocycles. The fraction of sp³-hybridized carbons (Fsp3) is 0.375. The second kappa shape index (κ2) is 4.56. The van der Waals surface area contributed by atoms with Gasteiger partial charge in [-0.3, -0.25) is 14.3 Å². The number of nitrogens with two attached hydrogens (primary N) is 1. The highest BCUT2D eigenvalue weighted by Crippen LogP contribution is 2.01. The van der Waals surface area contributed by atoms with Gasteiger partial charge in [0.25, 0.3) is 0 Å². The van der Waals surface area contributed by atoms with Gasteiger partial charge in [-0.15, -0.1) is 0 Å². The molecule has 1 rings (SSSR count). The summed E-state index contributed by atoms with van der Waals surface area (Å²) in [6.45, 7) is -0.248. The lowest BCUT2D eigenvalue weighted by molar-refractivity contribution is -0.139. The van der Waals surface area contributed by atoms with E-state index >= 15 is 0 Å². The fourth-order valence-corrected chi connectivity index (χ4v) is 1.08. The van der Waals surface area contributed by atoms with E-state index in [1.165, 1.54) is 17.1 Å². The van der Waals surface area contributed by atoms with Crippen LogP contribution in [0, 0.1) is 0 Å². The van der Waals surface area contributed by atoms with E-state index in [0.29, 0.717) is 5.56 Å². The van der Waals surface area contributed by atoms with Crippen molar-refractivity contribution in [3.63, 3.8) is 0 Å². The normalized spacial score (nSPS) is 12.3. The highest BCUT2D eigenvalue weighted by Gasteiger charge is 2.13. The standard InChI is InChI=1S/C8H11N3O4/c9-6(8(14)15)1-5-2-10-11(3-5)4-7(12)13/h2-3,6H,1,4,9H2,(H,12,13)(H,14,15)/t6-/m0/s1. The highest BCUT2D eigenvalue weighted by molar-refractivity contribution is 5.73. The molecule has 0 saturated carbocycles. The monoisotopic (exact) mass is 213 g/mol. The Bertz CT molecular complexity index is 374. The largest absolute Gasteiger partial charge is 0.480 e. The van der Waals surface area contributed by atoms with Crippen molar-refractivity contribution in [2.75, 3.05) is 0 Å². The molecule has 1 aromatic rings. The average molecular weight is 213 g/mol. The van der Waals surface area contributed by atoms with Crippen LogP contribution in [0.2, 0.25) is 0 Å². The van der Waals surface area contributed by atoms with Crippen LogP contribution >= 0.6 is 0 Å². The molecule has 4 N–H and O–H groups in total. The third-order valence-electron chi connectivity index (χ3n) is 1.76. The predicted molar refractivity (Wildman–Crippen MR) is 49.2 cm³/mol. The van der Waals surface area contributed by atoms with E-state index in [1.54, 1.807) is 0 Å². The highest BCUT2D eigenvalue weighted by atomic mass is 16.4. The van der Waals surface area contributed by atoms with E-state index in [2.05, 4.69) is 5.10 Å². The predicted octanol–water partition coefficient (Wildman–Crippen LogP) is -1.08. The zero-order valence-corrected chi connectivity index (χ0v) is 7.83. The van der Waals surface area contributed by atoms with Crippen LogP contribution in [0.5, 0.6) is 0 Å². The Morgan fingerprint density at radius 2 is 2.20 bits per heavy atom. The first-order valence-electron chi connectivity index (χ1n) is 4.20. The van der Waals surface area contributed by atoms with Crippen molar-refractivity contribution >= 4 is 11.9 Å². The molecule has 7 nitrogen and oxygen atoms in total. The number of nitrogens with zero attached hydrogens (tertiary/aromatic N) is 2. The van der Waals surface area contributed by atoms with Gasteiger partial charge in [0.1, 0.15) is 12.6 Å². The maximum atomic E-state index is 10.4. The first kappa shape index (κ1) is 11.2. The van der Waals surface area contributed by atoms with Crippen molar-refractivity contribution in [2.45, 2.75) is 19.0 Å². The summed E-state index contributed by atoms with van der Waals surface area (Å²) >= 11 is 0. The molecule has 0 unspecified atom stereocenters. The van der Waals surface area contributed by atoms with Crippen molar-refractivity contribution in [2.24, 2.45) is 5.73 Å². The number of carboxylic acid groups (broad SMARTS) is 2. The van der Waals surface area contributed by atoms with Gasteiger partial charge in [0.2, 0.25) is 0 Å². The summed E-state index contributed by atoms with van der Waals surface area (Å²) in [5.41, 5.74) is 5.91. The number of aromatic nitrogens is 2. The summed E-state index contributed by atoms with van der Waals surface area (Å²) in [5.74, 6) is -2.10. The molecular formula is C8H11N3O4. The molecule has 0 aliphatic heterocycles. The molecule has 0 fully saturated rings. The van der Waals surface area contributed by atoms with E-state index in [-0.39, 0.29) is 13.0 Å². The quantitative estimate of drug-likeness (QED) is 0.572. The summed E-state index contributed by atoms with van der Waals surface area (Å²) in [4.78, 5) is 20.8. The van der Waals surface area contributed by atoms with Gasteiger partial charge < -0.3 is 15.9 Å². The zero-order valence-electron chi connectivity index (χ0n) is 7.83. The number of carboxylic acids is 2. The van der Waals surface area contributed by atoms with Gasteiger partial charge in [-0.1, -0.05) is 0 Å². The molecule has 1 aromatic heterocycles. The van der Waals surface area contributed by atoms with E-state index < -0.39 is 18.0 Å². The minimum atomic E-state index is -1.10. The first-order valence-corrected chi connectivity index (χ1v) is 4.20. The number of hydrogen-bond donors (Lipinski definition) is 3. The van der Waals surface area contributed by atoms with Crippen LogP contribution in [-0.4, -0.2) is 38.0 Å². The second-order valence-electron chi connectivity index (χ2n) is 3.09. The molecule has 0 radical (unpaired) electrons. The van der Waals surface area contributed by atoms with Gasteiger partial charge in [-0.2, -0.15) is 5.10 Å². The van der Waals surface area contributed by atoms with Crippen LogP contribution in [-0.2, 0) is 22.6 Å². The Morgan fingerprint density at radius 3 is 2.73 bits per heavy atom. The van der Waals surface area contributed by atoms with Gasteiger partial charge in [0, 0.05) is 12.6 Å². The van der Waals surface area contributed by atoms with E-state index in [4.69, 9.17) is 15.9 Å². The molecule has 0 bridgehead atoms. The average Bonchev–Trinajstić information content (AvgIpc) is 2.51. The smallest absolute Gasteiger partial charge is 0.325 e. The molecule has 0 amide bonds. The molecule has 15 heavy (non-hydrogen) atoms. The van der Waals surface area contributed by atoms with Gasteiger partial charge in [-0.25, -0.2) is 0 Å². The summed E-state index contributed by atoms with van der Waals surface area (Å²) < 4.78 is 1.21. The molecule has 0 aliphatic carbocycles.